The average molecular weight is 351 g/mol. The molecule has 0 bridgehead atoms. The summed E-state index contributed by atoms with van der Waals surface area (Å²) in [5.74, 6) is 1.07. The van der Waals surface area contributed by atoms with E-state index in [0.29, 0.717) is 16.1 Å². The number of nitrogens with zero attached hydrogens (tertiary/aromatic N) is 1. The molecule has 130 valence electrons. The minimum absolute atomic E-state index is 0.385. The summed E-state index contributed by atoms with van der Waals surface area (Å²) in [6.45, 7) is 2.20. The Morgan fingerprint density at radius 1 is 0.905 bits per heavy atom. The maximum atomic E-state index is 9.75. The van der Waals surface area contributed by atoms with Crippen LogP contribution in [0.5, 0.6) is 0 Å². The molecule has 1 unspecified atom stereocenters. The van der Waals surface area contributed by atoms with E-state index in [4.69, 9.17) is 4.74 Å². The van der Waals surface area contributed by atoms with Crippen LogP contribution in [0.3, 0.4) is 0 Å². The summed E-state index contributed by atoms with van der Waals surface area (Å²) in [6.07, 6.45) is 4.46. The third-order valence-electron chi connectivity index (χ3n) is 1.70. The molecule has 13 heteroatoms. The summed E-state index contributed by atoms with van der Waals surface area (Å²) in [4.78, 5) is 0. The van der Waals surface area contributed by atoms with E-state index in [9.17, 15) is 34.5 Å². The van der Waals surface area contributed by atoms with Crippen molar-refractivity contribution in [3.05, 3.63) is 0 Å². The molecule has 0 N–H and O–H groups in total. The van der Waals surface area contributed by atoms with Crippen LogP contribution in [0.2, 0.25) is 0 Å². The number of ether oxygens (including phenoxy) is 1. The predicted molar refractivity (Wildman–Crippen MR) is 73.2 cm³/mol. The molecule has 0 spiro atoms. The molecule has 0 fully saturated rings. The van der Waals surface area contributed by atoms with Gasteiger partial charge in [0, 0.05) is 0 Å². The van der Waals surface area contributed by atoms with Crippen molar-refractivity contribution in [2.24, 2.45) is 0 Å². The summed E-state index contributed by atoms with van der Waals surface area (Å²) >= 11 is 0. The third-order valence-corrected chi connectivity index (χ3v) is 3.32. The highest BCUT2D eigenvalue weighted by Crippen LogP contribution is 2.07. The van der Waals surface area contributed by atoms with Crippen LogP contribution in [0.25, 0.3) is 0 Å². The summed E-state index contributed by atoms with van der Waals surface area (Å²) in [5, 5.41) is 0.523. The first-order valence-corrected chi connectivity index (χ1v) is 7.50. The van der Waals surface area contributed by atoms with E-state index in [0.717, 1.165) is 5.90 Å². The monoisotopic (exact) mass is 351 g/mol. The lowest BCUT2D eigenvalue weighted by Crippen LogP contribution is -2.32. The molecule has 0 rings (SSSR count). The first-order valence-electron chi connectivity index (χ1n) is 5.39. The molecule has 1 atom stereocenters. The first-order chi connectivity index (χ1) is 9.00. The molecular formula is C8H19B2F8NOS. The van der Waals surface area contributed by atoms with Gasteiger partial charge in [0.25, 0.3) is 0 Å². The zero-order valence-electron chi connectivity index (χ0n) is 12.5. The first kappa shape index (κ1) is 25.3. The molecule has 0 aromatic rings. The van der Waals surface area contributed by atoms with Gasteiger partial charge in [-0.05, 0) is 17.8 Å². The van der Waals surface area contributed by atoms with Crippen molar-refractivity contribution in [3.63, 3.8) is 0 Å². The number of rotatable bonds is 2. The van der Waals surface area contributed by atoms with Crippen LogP contribution in [0.4, 0.5) is 34.5 Å². The smallest absolute Gasteiger partial charge is 0.448 e. The Morgan fingerprint density at radius 2 is 1.14 bits per heavy atom. The summed E-state index contributed by atoms with van der Waals surface area (Å²) in [5.41, 5.74) is 0. The van der Waals surface area contributed by atoms with Crippen LogP contribution in [-0.2, 0) is 15.6 Å². The van der Waals surface area contributed by atoms with Gasteiger partial charge in [-0.2, -0.15) is 0 Å². The molecule has 2 nitrogen and oxygen atoms in total. The van der Waals surface area contributed by atoms with Gasteiger partial charge in [-0.1, -0.05) is 0 Å². The minimum atomic E-state index is -6.00. The number of methoxy groups -OCH3 is 1. The van der Waals surface area contributed by atoms with E-state index < -0.39 is 14.5 Å². The predicted octanol–water partition coefficient (Wildman–Crippen LogP) is 3.17. The van der Waals surface area contributed by atoms with Crippen molar-refractivity contribution in [1.29, 1.82) is 0 Å². The molecule has 0 heterocycles. The quantitative estimate of drug-likeness (QED) is 0.186. The van der Waals surface area contributed by atoms with Gasteiger partial charge in [0.2, 0.25) is 5.25 Å². The largest absolute Gasteiger partial charge is 0.673 e. The fraction of sp³-hybridized carbons (Fsp3) is 0.875. The molecule has 0 amide bonds. The molecule has 0 aliphatic rings. The van der Waals surface area contributed by atoms with Crippen LogP contribution in [0.15, 0.2) is 0 Å². The fourth-order valence-electron chi connectivity index (χ4n) is 0.914. The van der Waals surface area contributed by atoms with Crippen LogP contribution < -0.4 is 0 Å². The molecule has 0 saturated carbocycles. The normalized spacial score (nSPS) is 12.5. The Labute approximate surface area is 122 Å². The maximum Gasteiger partial charge on any atom is 0.673 e. The lowest BCUT2D eigenvalue weighted by molar-refractivity contribution is -0.475. The lowest BCUT2D eigenvalue weighted by Gasteiger charge is -2.07. The second-order valence-electron chi connectivity index (χ2n) is 3.95. The van der Waals surface area contributed by atoms with E-state index >= 15 is 0 Å². The van der Waals surface area contributed by atoms with Crippen LogP contribution in [0, 0.1) is 0 Å². The molecular weight excluding hydrogens is 332 g/mol. The molecule has 0 aromatic carbocycles. The standard InChI is InChI=1S/C8H19NOS.2BF4/c1-7(11(5)6)8(10-4)9(2)3;2*2-1(3,4)5/h7H,1-6H3;;/q+2;2*-1. The van der Waals surface area contributed by atoms with E-state index in [2.05, 4.69) is 19.4 Å². The van der Waals surface area contributed by atoms with E-state index in [1.54, 1.807) is 7.11 Å². The second-order valence-corrected chi connectivity index (χ2v) is 6.41. The second kappa shape index (κ2) is 11.0. The van der Waals surface area contributed by atoms with Gasteiger partial charge in [0.05, 0.1) is 19.6 Å². The molecule has 21 heavy (non-hydrogen) atoms. The number of hydrogen-bond donors (Lipinski definition) is 0. The highest BCUT2D eigenvalue weighted by Gasteiger charge is 2.29. The van der Waals surface area contributed by atoms with Crippen LogP contribution in [-0.4, -0.2) is 63.9 Å². The van der Waals surface area contributed by atoms with Crippen molar-refractivity contribution >= 4 is 31.3 Å². The Morgan fingerprint density at radius 3 is 1.19 bits per heavy atom. The summed E-state index contributed by atoms with van der Waals surface area (Å²) in [6, 6.07) is 0. The maximum absolute atomic E-state index is 9.75. The molecule has 0 saturated heterocycles. The van der Waals surface area contributed by atoms with Crippen molar-refractivity contribution in [1.82, 2.24) is 0 Å². The fourth-order valence-corrected chi connectivity index (χ4v) is 1.62. The van der Waals surface area contributed by atoms with E-state index in [-0.39, 0.29) is 0 Å². The van der Waals surface area contributed by atoms with Gasteiger partial charge >= 0.3 is 20.4 Å². The van der Waals surface area contributed by atoms with Crippen molar-refractivity contribution in [3.8, 4) is 0 Å². The van der Waals surface area contributed by atoms with Gasteiger partial charge in [-0.25, -0.2) is 4.58 Å². The van der Waals surface area contributed by atoms with E-state index in [1.165, 1.54) is 0 Å². The van der Waals surface area contributed by atoms with Gasteiger partial charge in [-0.15, -0.1) is 0 Å². The highest BCUT2D eigenvalue weighted by atomic mass is 32.2. The van der Waals surface area contributed by atoms with Crippen molar-refractivity contribution < 1.29 is 43.8 Å². The van der Waals surface area contributed by atoms with Crippen LogP contribution >= 0.6 is 0 Å². The Balaban J connectivity index is -0.000000270. The summed E-state index contributed by atoms with van der Waals surface area (Å²) in [7, 11) is -5.85. The minimum Gasteiger partial charge on any atom is -0.448 e. The molecule has 0 radical (unpaired) electrons. The topological polar surface area (TPSA) is 12.2 Å². The van der Waals surface area contributed by atoms with Gasteiger partial charge in [0.15, 0.2) is 0 Å². The Hall–Kier alpha value is -0.610. The SMILES string of the molecule is COC(C(C)[S+](C)C)=[N+](C)C.F[B-](F)(F)F.F[B-](F)(F)F. The third kappa shape index (κ3) is 32.7. The zero-order valence-corrected chi connectivity index (χ0v) is 13.3. The molecule has 0 aliphatic carbocycles. The molecule has 0 aliphatic heterocycles. The van der Waals surface area contributed by atoms with Gasteiger partial charge < -0.3 is 39.3 Å². The Kier molecular flexibility index (Phi) is 13.3. The Bertz CT molecular complexity index is 280. The average Bonchev–Trinajstić information content (AvgIpc) is 2.11. The van der Waals surface area contributed by atoms with Gasteiger partial charge in [0.1, 0.15) is 14.1 Å². The van der Waals surface area contributed by atoms with Crippen LogP contribution in [0.1, 0.15) is 6.92 Å². The highest BCUT2D eigenvalue weighted by molar-refractivity contribution is 7.96. The summed E-state index contributed by atoms with van der Waals surface area (Å²) < 4.78 is 85.3. The lowest BCUT2D eigenvalue weighted by atomic mass is 10.3. The number of hydrogen-bond acceptors (Lipinski definition) is 1. The molecule has 0 aromatic heterocycles. The van der Waals surface area contributed by atoms with Crippen molar-refractivity contribution in [2.75, 3.05) is 33.7 Å². The van der Waals surface area contributed by atoms with E-state index in [1.807, 2.05) is 18.7 Å². The number of halogens is 8. The van der Waals surface area contributed by atoms with Gasteiger partial charge in [-0.3, -0.25) is 0 Å². The van der Waals surface area contributed by atoms with Crippen molar-refractivity contribution in [2.45, 2.75) is 12.2 Å². The zero-order chi connectivity index (χ0) is 18.0.